The number of aryl methyl sites for hydroxylation is 1. The number of fused-ring (bicyclic) bond motifs is 2. The van der Waals surface area contributed by atoms with Crippen molar-refractivity contribution in [1.29, 1.82) is 0 Å². The van der Waals surface area contributed by atoms with Crippen molar-refractivity contribution in [2.45, 2.75) is 6.92 Å². The first-order chi connectivity index (χ1) is 11.6. The van der Waals surface area contributed by atoms with Crippen LogP contribution in [-0.2, 0) is 0 Å². The van der Waals surface area contributed by atoms with Crippen molar-refractivity contribution >= 4 is 27.9 Å². The molecule has 0 radical (unpaired) electrons. The van der Waals surface area contributed by atoms with Crippen molar-refractivity contribution < 1.29 is 18.4 Å². The quantitative estimate of drug-likeness (QED) is 0.316. The SMILES string of the molecule is Cc1cc(=O)oc2cc(OC(=O)c3cc4ccccc4o3)ccc12. The van der Waals surface area contributed by atoms with Gasteiger partial charge in [-0.1, -0.05) is 18.2 Å². The number of carbonyl (C=O) groups is 1. The van der Waals surface area contributed by atoms with E-state index in [1.807, 2.05) is 25.1 Å². The molecule has 0 aliphatic rings. The van der Waals surface area contributed by atoms with Crippen LogP contribution in [0, 0.1) is 6.92 Å². The molecule has 0 spiro atoms. The van der Waals surface area contributed by atoms with Crippen LogP contribution in [0.5, 0.6) is 5.75 Å². The van der Waals surface area contributed by atoms with E-state index in [-0.39, 0.29) is 11.5 Å². The fourth-order valence-corrected chi connectivity index (χ4v) is 2.61. The van der Waals surface area contributed by atoms with Crippen LogP contribution < -0.4 is 10.4 Å². The Labute approximate surface area is 136 Å². The van der Waals surface area contributed by atoms with Gasteiger partial charge in [-0.05, 0) is 36.8 Å². The van der Waals surface area contributed by atoms with E-state index in [9.17, 15) is 9.59 Å². The van der Waals surface area contributed by atoms with Crippen LogP contribution in [0.2, 0.25) is 0 Å². The maximum absolute atomic E-state index is 12.2. The summed E-state index contributed by atoms with van der Waals surface area (Å²) in [5.41, 5.74) is 1.34. The predicted molar refractivity (Wildman–Crippen MR) is 88.4 cm³/mol. The molecular formula is C19H12O5. The molecule has 0 saturated heterocycles. The summed E-state index contributed by atoms with van der Waals surface area (Å²) in [7, 11) is 0. The average molecular weight is 320 g/mol. The van der Waals surface area contributed by atoms with Gasteiger partial charge in [0.05, 0.1) is 0 Å². The third-order valence-corrected chi connectivity index (χ3v) is 3.76. The van der Waals surface area contributed by atoms with Gasteiger partial charge in [0.2, 0.25) is 5.76 Å². The molecular weight excluding hydrogens is 308 g/mol. The first-order valence-corrected chi connectivity index (χ1v) is 7.35. The lowest BCUT2D eigenvalue weighted by molar-refractivity contribution is 0.0704. The van der Waals surface area contributed by atoms with E-state index >= 15 is 0 Å². The highest BCUT2D eigenvalue weighted by atomic mass is 16.5. The van der Waals surface area contributed by atoms with Gasteiger partial charge in [0.15, 0.2) is 0 Å². The monoisotopic (exact) mass is 320 g/mol. The van der Waals surface area contributed by atoms with Gasteiger partial charge in [0.1, 0.15) is 16.9 Å². The molecule has 4 rings (SSSR count). The Hall–Kier alpha value is -3.34. The number of para-hydroxylation sites is 1. The third-order valence-electron chi connectivity index (χ3n) is 3.76. The summed E-state index contributed by atoms with van der Waals surface area (Å²) < 4.78 is 16.0. The number of rotatable bonds is 2. The minimum atomic E-state index is -0.611. The normalized spacial score (nSPS) is 11.0. The summed E-state index contributed by atoms with van der Waals surface area (Å²) in [4.78, 5) is 23.7. The Morgan fingerprint density at radius 3 is 2.62 bits per heavy atom. The molecule has 0 bridgehead atoms. The van der Waals surface area contributed by atoms with E-state index < -0.39 is 11.6 Å². The van der Waals surface area contributed by atoms with Crippen LogP contribution in [0.4, 0.5) is 0 Å². The summed E-state index contributed by atoms with van der Waals surface area (Å²) >= 11 is 0. The number of hydrogen-bond acceptors (Lipinski definition) is 5. The molecule has 5 nitrogen and oxygen atoms in total. The van der Waals surface area contributed by atoms with Crippen molar-refractivity contribution in [1.82, 2.24) is 0 Å². The molecule has 2 aromatic heterocycles. The highest BCUT2D eigenvalue weighted by molar-refractivity contribution is 5.94. The standard InChI is InChI=1S/C19H12O5/c1-11-8-18(20)24-16-10-13(6-7-14(11)16)22-19(21)17-9-12-4-2-3-5-15(12)23-17/h2-10H,1H3. The van der Waals surface area contributed by atoms with Crippen molar-refractivity contribution in [2.24, 2.45) is 0 Å². The van der Waals surface area contributed by atoms with Crippen molar-refractivity contribution in [3.8, 4) is 5.75 Å². The minimum Gasteiger partial charge on any atom is -0.449 e. The number of esters is 1. The zero-order chi connectivity index (χ0) is 16.7. The van der Waals surface area contributed by atoms with Crippen LogP contribution in [0.25, 0.3) is 21.9 Å². The lowest BCUT2D eigenvalue weighted by atomic mass is 10.1. The average Bonchev–Trinajstić information content (AvgIpc) is 2.98. The van der Waals surface area contributed by atoms with Crippen LogP contribution in [0.15, 0.2) is 68.2 Å². The second-order valence-corrected chi connectivity index (χ2v) is 5.44. The molecule has 2 aromatic carbocycles. The van der Waals surface area contributed by atoms with Gasteiger partial charge in [0, 0.05) is 22.9 Å². The Balaban J connectivity index is 1.68. The fraction of sp³-hybridized carbons (Fsp3) is 0.0526. The molecule has 0 N–H and O–H groups in total. The van der Waals surface area contributed by atoms with E-state index in [0.717, 1.165) is 16.3 Å². The molecule has 2 heterocycles. The fourth-order valence-electron chi connectivity index (χ4n) is 2.61. The zero-order valence-electron chi connectivity index (χ0n) is 12.7. The van der Waals surface area contributed by atoms with Crippen LogP contribution in [0.3, 0.4) is 0 Å². The van der Waals surface area contributed by atoms with Gasteiger partial charge in [-0.15, -0.1) is 0 Å². The molecule has 0 atom stereocenters. The van der Waals surface area contributed by atoms with Gasteiger partial charge in [0.25, 0.3) is 0 Å². The van der Waals surface area contributed by atoms with Crippen LogP contribution >= 0.6 is 0 Å². The zero-order valence-corrected chi connectivity index (χ0v) is 12.7. The molecule has 118 valence electrons. The van der Waals surface area contributed by atoms with E-state index in [4.69, 9.17) is 13.6 Å². The molecule has 0 aliphatic carbocycles. The molecule has 0 unspecified atom stereocenters. The highest BCUT2D eigenvalue weighted by Crippen LogP contribution is 2.24. The second-order valence-electron chi connectivity index (χ2n) is 5.44. The van der Waals surface area contributed by atoms with Gasteiger partial charge in [-0.3, -0.25) is 0 Å². The van der Waals surface area contributed by atoms with Crippen molar-refractivity contribution in [2.75, 3.05) is 0 Å². The molecule has 0 aliphatic heterocycles. The van der Waals surface area contributed by atoms with Gasteiger partial charge in [-0.25, -0.2) is 9.59 Å². The molecule has 24 heavy (non-hydrogen) atoms. The predicted octanol–water partition coefficient (Wildman–Crippen LogP) is 4.07. The summed E-state index contributed by atoms with van der Waals surface area (Å²) in [5, 5.41) is 1.61. The number of benzene rings is 2. The summed E-state index contributed by atoms with van der Waals surface area (Å²) in [6.07, 6.45) is 0. The number of ether oxygens (including phenoxy) is 1. The maximum Gasteiger partial charge on any atom is 0.379 e. The van der Waals surface area contributed by atoms with Crippen molar-refractivity contribution in [3.05, 3.63) is 76.3 Å². The first-order valence-electron chi connectivity index (χ1n) is 7.35. The second kappa shape index (κ2) is 5.38. The van der Waals surface area contributed by atoms with Crippen molar-refractivity contribution in [3.63, 3.8) is 0 Å². The molecule has 0 fully saturated rings. The Kier molecular flexibility index (Phi) is 3.20. The highest BCUT2D eigenvalue weighted by Gasteiger charge is 2.15. The minimum absolute atomic E-state index is 0.113. The van der Waals surface area contributed by atoms with Gasteiger partial charge in [-0.2, -0.15) is 0 Å². The van der Waals surface area contributed by atoms with Gasteiger partial charge >= 0.3 is 11.6 Å². The summed E-state index contributed by atoms with van der Waals surface area (Å²) in [6, 6.07) is 15.3. The molecule has 5 heteroatoms. The number of furan rings is 1. The first kappa shape index (κ1) is 14.3. The maximum atomic E-state index is 12.2. The Morgan fingerprint density at radius 1 is 0.958 bits per heavy atom. The topological polar surface area (TPSA) is 69.7 Å². The number of carbonyl (C=O) groups excluding carboxylic acids is 1. The van der Waals surface area contributed by atoms with E-state index in [0.29, 0.717) is 11.2 Å². The Bertz CT molecular complexity index is 1100. The van der Waals surface area contributed by atoms with E-state index in [1.165, 1.54) is 12.1 Å². The Morgan fingerprint density at radius 2 is 1.79 bits per heavy atom. The molecule has 4 aromatic rings. The third kappa shape index (κ3) is 2.46. The molecule has 0 saturated carbocycles. The lowest BCUT2D eigenvalue weighted by Gasteiger charge is -2.04. The molecule has 0 amide bonds. The van der Waals surface area contributed by atoms with Crippen LogP contribution in [-0.4, -0.2) is 5.97 Å². The van der Waals surface area contributed by atoms with Gasteiger partial charge < -0.3 is 13.6 Å². The van der Waals surface area contributed by atoms with E-state index in [2.05, 4.69) is 0 Å². The largest absolute Gasteiger partial charge is 0.449 e. The van der Waals surface area contributed by atoms with Crippen LogP contribution in [0.1, 0.15) is 16.1 Å². The lowest BCUT2D eigenvalue weighted by Crippen LogP contribution is -2.07. The summed E-state index contributed by atoms with van der Waals surface area (Å²) in [5.74, 6) is -0.218. The smallest absolute Gasteiger partial charge is 0.379 e. The number of hydrogen-bond donors (Lipinski definition) is 0. The van der Waals surface area contributed by atoms with E-state index in [1.54, 1.807) is 24.3 Å². The summed E-state index contributed by atoms with van der Waals surface area (Å²) in [6.45, 7) is 1.82.